The summed E-state index contributed by atoms with van der Waals surface area (Å²) < 4.78 is 73.3. The topological polar surface area (TPSA) is 29.5 Å². The van der Waals surface area contributed by atoms with Crippen LogP contribution in [0.2, 0.25) is 0 Å². The molecule has 0 aromatic heterocycles. The molecule has 8 heteroatoms. The second-order valence-corrected chi connectivity index (χ2v) is 5.37. The van der Waals surface area contributed by atoms with E-state index in [9.17, 15) is 26.3 Å². The average molecular weight is 340 g/mol. The van der Waals surface area contributed by atoms with E-state index < -0.39 is 37.0 Å². The fourth-order valence-corrected chi connectivity index (χ4v) is 2.89. The molecule has 1 saturated carbocycles. The molecule has 1 aliphatic rings. The molecule has 136 valence electrons. The Hall–Kier alpha value is -0.500. The van der Waals surface area contributed by atoms with Gasteiger partial charge in [-0.25, -0.2) is 4.89 Å². The summed E-state index contributed by atoms with van der Waals surface area (Å²) in [6.07, 6.45) is -9.64. The molecule has 0 spiro atoms. The molecule has 0 aromatic carbocycles. The van der Waals surface area contributed by atoms with Gasteiger partial charge in [-0.3, -0.25) is 5.26 Å². The SMILES string of the molecule is CC.CC1CC(CC(F)(F)F)CC(CC(F)(F)F)C1.COO. The molecule has 2 nitrogen and oxygen atoms in total. The molecule has 1 fully saturated rings. The van der Waals surface area contributed by atoms with Gasteiger partial charge >= 0.3 is 12.4 Å². The van der Waals surface area contributed by atoms with Gasteiger partial charge in [-0.15, -0.1) is 0 Å². The minimum absolute atomic E-state index is 0.0450. The fraction of sp³-hybridized carbons (Fsp3) is 1.00. The molecular weight excluding hydrogens is 314 g/mol. The summed E-state index contributed by atoms with van der Waals surface area (Å²) in [5.74, 6) is -1.35. The molecule has 0 amide bonds. The lowest BCUT2D eigenvalue weighted by atomic mass is 9.73. The lowest BCUT2D eigenvalue weighted by Crippen LogP contribution is -2.28. The van der Waals surface area contributed by atoms with Crippen LogP contribution in [0.3, 0.4) is 0 Å². The maximum Gasteiger partial charge on any atom is 0.389 e. The summed E-state index contributed by atoms with van der Waals surface area (Å²) in [5, 5.41) is 7.07. The standard InChI is InChI=1S/C11H16F6.C2H6.CH4O2/c1-7-2-8(5-10(12,13)14)4-9(3-7)6-11(15,16)17;1-2;1-3-2/h7-9H,2-6H2,1H3;1-2H3;2H,1H3. The van der Waals surface area contributed by atoms with Crippen molar-refractivity contribution in [2.45, 2.75) is 65.2 Å². The first-order valence-corrected chi connectivity index (χ1v) is 7.28. The highest BCUT2D eigenvalue weighted by molar-refractivity contribution is 4.80. The minimum Gasteiger partial charge on any atom is -0.252 e. The Kier molecular flexibility index (Phi) is 12.0. The molecule has 1 aliphatic carbocycles. The van der Waals surface area contributed by atoms with Crippen molar-refractivity contribution in [3.63, 3.8) is 0 Å². The Morgan fingerprint density at radius 3 is 1.36 bits per heavy atom. The van der Waals surface area contributed by atoms with Gasteiger partial charge in [-0.05, 0) is 37.0 Å². The van der Waals surface area contributed by atoms with Gasteiger partial charge in [0.2, 0.25) is 0 Å². The lowest BCUT2D eigenvalue weighted by molar-refractivity contribution is -0.214. The zero-order valence-corrected chi connectivity index (χ0v) is 13.4. The monoisotopic (exact) mass is 340 g/mol. The zero-order valence-electron chi connectivity index (χ0n) is 13.4. The predicted molar refractivity (Wildman–Crippen MR) is 72.3 cm³/mol. The van der Waals surface area contributed by atoms with Crippen LogP contribution in [-0.4, -0.2) is 24.7 Å². The number of hydrogen-bond acceptors (Lipinski definition) is 2. The van der Waals surface area contributed by atoms with Crippen LogP contribution in [0.4, 0.5) is 26.3 Å². The molecule has 0 radical (unpaired) electrons. The highest BCUT2D eigenvalue weighted by Gasteiger charge is 2.39. The number of alkyl halides is 6. The van der Waals surface area contributed by atoms with Gasteiger partial charge in [0, 0.05) is 12.8 Å². The molecule has 0 heterocycles. The molecule has 2 unspecified atom stereocenters. The first kappa shape index (κ1) is 23.8. The van der Waals surface area contributed by atoms with Crippen molar-refractivity contribution in [2.75, 3.05) is 7.11 Å². The quantitative estimate of drug-likeness (QED) is 0.375. The molecule has 0 aromatic rings. The van der Waals surface area contributed by atoms with Gasteiger partial charge < -0.3 is 0 Å². The third-order valence-corrected chi connectivity index (χ3v) is 3.18. The van der Waals surface area contributed by atoms with E-state index in [1.54, 1.807) is 6.92 Å². The molecule has 2 atom stereocenters. The molecule has 0 saturated heterocycles. The first-order chi connectivity index (χ1) is 9.96. The van der Waals surface area contributed by atoms with Gasteiger partial charge in [-0.1, -0.05) is 20.8 Å². The van der Waals surface area contributed by atoms with Crippen LogP contribution in [0, 0.1) is 17.8 Å². The summed E-state index contributed by atoms with van der Waals surface area (Å²) >= 11 is 0. The number of rotatable bonds is 2. The second kappa shape index (κ2) is 11.1. The fourth-order valence-electron chi connectivity index (χ4n) is 2.89. The minimum atomic E-state index is -4.27. The van der Waals surface area contributed by atoms with E-state index in [2.05, 4.69) is 4.89 Å². The molecular formula is C14H26F6O2. The highest BCUT2D eigenvalue weighted by atomic mass is 19.4. The van der Waals surface area contributed by atoms with Gasteiger partial charge in [0.25, 0.3) is 0 Å². The van der Waals surface area contributed by atoms with Crippen LogP contribution in [0.15, 0.2) is 0 Å². The summed E-state index contributed by atoms with van der Waals surface area (Å²) in [5.41, 5.74) is 0. The number of halogens is 6. The van der Waals surface area contributed by atoms with E-state index in [4.69, 9.17) is 5.26 Å². The van der Waals surface area contributed by atoms with E-state index in [-0.39, 0.29) is 12.3 Å². The zero-order chi connectivity index (χ0) is 18.0. The van der Waals surface area contributed by atoms with Gasteiger partial charge in [0.05, 0.1) is 7.11 Å². The van der Waals surface area contributed by atoms with E-state index in [0.717, 1.165) is 0 Å². The third kappa shape index (κ3) is 14.4. The summed E-state index contributed by atoms with van der Waals surface area (Å²) in [7, 11) is 1.18. The highest BCUT2D eigenvalue weighted by Crippen LogP contribution is 2.42. The van der Waals surface area contributed by atoms with Crippen molar-refractivity contribution >= 4 is 0 Å². The summed E-state index contributed by atoms with van der Waals surface area (Å²) in [6.45, 7) is 5.73. The molecule has 0 bridgehead atoms. The maximum absolute atomic E-state index is 12.2. The van der Waals surface area contributed by atoms with Crippen molar-refractivity contribution in [1.82, 2.24) is 0 Å². The molecule has 1 rings (SSSR count). The predicted octanol–water partition coefficient (Wildman–Crippen LogP) is 6.08. The normalized spacial score (nSPS) is 25.5. The van der Waals surface area contributed by atoms with E-state index >= 15 is 0 Å². The van der Waals surface area contributed by atoms with Crippen LogP contribution >= 0.6 is 0 Å². The van der Waals surface area contributed by atoms with Crippen molar-refractivity contribution < 1.29 is 36.5 Å². The van der Waals surface area contributed by atoms with Crippen LogP contribution in [-0.2, 0) is 4.89 Å². The number of hydrogen-bond donors (Lipinski definition) is 1. The molecule has 1 N–H and O–H groups in total. The Bertz CT molecular complexity index is 241. The van der Waals surface area contributed by atoms with Crippen LogP contribution in [0.1, 0.15) is 52.9 Å². The largest absolute Gasteiger partial charge is 0.389 e. The van der Waals surface area contributed by atoms with E-state index in [0.29, 0.717) is 12.8 Å². The Morgan fingerprint density at radius 1 is 0.864 bits per heavy atom. The third-order valence-electron chi connectivity index (χ3n) is 3.18. The van der Waals surface area contributed by atoms with E-state index in [1.165, 1.54) is 7.11 Å². The van der Waals surface area contributed by atoms with Gasteiger partial charge in [-0.2, -0.15) is 26.3 Å². The van der Waals surface area contributed by atoms with Crippen molar-refractivity contribution in [3.05, 3.63) is 0 Å². The van der Waals surface area contributed by atoms with Gasteiger partial charge in [0.15, 0.2) is 0 Å². The van der Waals surface area contributed by atoms with Crippen LogP contribution < -0.4 is 0 Å². The first-order valence-electron chi connectivity index (χ1n) is 7.28. The lowest BCUT2D eigenvalue weighted by Gasteiger charge is -2.34. The summed E-state index contributed by atoms with van der Waals surface area (Å²) in [6, 6.07) is 0. The maximum atomic E-state index is 12.2. The summed E-state index contributed by atoms with van der Waals surface area (Å²) in [4.78, 5) is 3.25. The molecule has 0 aliphatic heterocycles. The molecule has 22 heavy (non-hydrogen) atoms. The van der Waals surface area contributed by atoms with Crippen LogP contribution in [0.5, 0.6) is 0 Å². The average Bonchev–Trinajstić information content (AvgIpc) is 2.26. The van der Waals surface area contributed by atoms with Crippen LogP contribution in [0.25, 0.3) is 0 Å². The second-order valence-electron chi connectivity index (χ2n) is 5.37. The van der Waals surface area contributed by atoms with Gasteiger partial charge in [0.1, 0.15) is 0 Å². The smallest absolute Gasteiger partial charge is 0.252 e. The van der Waals surface area contributed by atoms with Crippen molar-refractivity contribution in [1.29, 1.82) is 0 Å². The Labute approximate surface area is 127 Å². The Morgan fingerprint density at radius 2 is 1.14 bits per heavy atom. The van der Waals surface area contributed by atoms with Crippen molar-refractivity contribution in [3.8, 4) is 0 Å². The van der Waals surface area contributed by atoms with E-state index in [1.807, 2.05) is 13.8 Å². The van der Waals surface area contributed by atoms with Crippen molar-refractivity contribution in [2.24, 2.45) is 17.8 Å². The Balaban J connectivity index is 0.